The van der Waals surface area contributed by atoms with Gasteiger partial charge in [0, 0.05) is 25.6 Å². The van der Waals surface area contributed by atoms with Crippen LogP contribution in [0.15, 0.2) is 36.4 Å². The minimum absolute atomic E-state index is 0.146. The Morgan fingerprint density at radius 2 is 1.92 bits per heavy atom. The van der Waals surface area contributed by atoms with Gasteiger partial charge in [0.2, 0.25) is 5.91 Å². The van der Waals surface area contributed by atoms with Crippen LogP contribution in [-0.2, 0) is 4.79 Å². The first-order valence-electron chi connectivity index (χ1n) is 7.13. The lowest BCUT2D eigenvalue weighted by Crippen LogP contribution is -2.15. The van der Waals surface area contributed by atoms with Gasteiger partial charge in [0.05, 0.1) is 23.0 Å². The summed E-state index contributed by atoms with van der Waals surface area (Å²) in [7, 11) is 0. The minimum Gasteiger partial charge on any atom is -0.492 e. The van der Waals surface area contributed by atoms with Crippen molar-refractivity contribution in [3.8, 4) is 11.8 Å². The van der Waals surface area contributed by atoms with E-state index in [9.17, 15) is 13.6 Å². The molecule has 0 aliphatic carbocycles. The molecule has 0 saturated carbocycles. The fourth-order valence-corrected chi connectivity index (χ4v) is 2.00. The summed E-state index contributed by atoms with van der Waals surface area (Å²) >= 11 is 0. The van der Waals surface area contributed by atoms with Gasteiger partial charge in [0.25, 0.3) is 0 Å². The Morgan fingerprint density at radius 1 is 1.21 bits per heavy atom. The molecule has 0 fully saturated rings. The number of halogens is 2. The number of carbonyl (C=O) groups is 1. The highest BCUT2D eigenvalue weighted by atomic mass is 19.2. The normalized spacial score (nSPS) is 9.92. The molecule has 0 saturated heterocycles. The Labute approximate surface area is 137 Å². The molecular formula is C17H15F2N3O2. The minimum atomic E-state index is -1.05. The number of carbonyl (C=O) groups excluding carboxylic acids is 1. The lowest BCUT2D eigenvalue weighted by atomic mass is 10.2. The Hall–Kier alpha value is -3.14. The van der Waals surface area contributed by atoms with Crippen LogP contribution in [-0.4, -0.2) is 19.1 Å². The number of benzene rings is 2. The third-order valence-electron chi connectivity index (χ3n) is 3.02. The first-order chi connectivity index (χ1) is 11.5. The molecule has 5 nitrogen and oxygen atoms in total. The molecule has 2 N–H and O–H groups in total. The molecule has 0 aliphatic rings. The number of anilines is 2. The molecule has 124 valence electrons. The van der Waals surface area contributed by atoms with E-state index in [0.717, 1.165) is 12.1 Å². The predicted molar refractivity (Wildman–Crippen MR) is 85.8 cm³/mol. The number of nitrogens with one attached hydrogen (secondary N) is 2. The van der Waals surface area contributed by atoms with Crippen molar-refractivity contribution >= 4 is 17.3 Å². The van der Waals surface area contributed by atoms with Gasteiger partial charge in [0.15, 0.2) is 11.6 Å². The quantitative estimate of drug-likeness (QED) is 0.797. The first kappa shape index (κ1) is 17.2. The third kappa shape index (κ3) is 4.68. The second kappa shape index (κ2) is 7.92. The number of nitrogens with zero attached hydrogens (tertiary/aromatic N) is 1. The first-order valence-corrected chi connectivity index (χ1v) is 7.13. The van der Waals surface area contributed by atoms with E-state index in [0.29, 0.717) is 11.3 Å². The van der Waals surface area contributed by atoms with E-state index in [4.69, 9.17) is 10.00 Å². The van der Waals surface area contributed by atoms with Crippen LogP contribution in [0.25, 0.3) is 0 Å². The average molecular weight is 331 g/mol. The lowest BCUT2D eigenvalue weighted by Gasteiger charge is -2.13. The molecule has 7 heteroatoms. The molecule has 2 aromatic rings. The maximum atomic E-state index is 13.4. The predicted octanol–water partition coefficient (Wildman–Crippen LogP) is 3.29. The third-order valence-corrected chi connectivity index (χ3v) is 3.02. The molecule has 0 unspecified atom stereocenters. The van der Waals surface area contributed by atoms with Crippen LogP contribution in [0.3, 0.4) is 0 Å². The molecule has 0 heterocycles. The SMILES string of the molecule is CC(=O)Nc1cc(F)c(F)cc1NCCOc1cccc(C#N)c1. The van der Waals surface area contributed by atoms with Gasteiger partial charge in [-0.15, -0.1) is 0 Å². The number of nitriles is 1. The zero-order chi connectivity index (χ0) is 17.5. The van der Waals surface area contributed by atoms with Gasteiger partial charge in [-0.3, -0.25) is 4.79 Å². The van der Waals surface area contributed by atoms with E-state index in [1.165, 1.54) is 6.92 Å². The van der Waals surface area contributed by atoms with Crippen LogP contribution in [0.1, 0.15) is 12.5 Å². The lowest BCUT2D eigenvalue weighted by molar-refractivity contribution is -0.114. The van der Waals surface area contributed by atoms with Crippen molar-refractivity contribution in [3.63, 3.8) is 0 Å². The van der Waals surface area contributed by atoms with E-state index in [1.54, 1.807) is 24.3 Å². The van der Waals surface area contributed by atoms with E-state index in [2.05, 4.69) is 10.6 Å². The fourth-order valence-electron chi connectivity index (χ4n) is 2.00. The van der Waals surface area contributed by atoms with Crippen molar-refractivity contribution in [2.24, 2.45) is 0 Å². The van der Waals surface area contributed by atoms with Crippen LogP contribution in [0.5, 0.6) is 5.75 Å². The smallest absolute Gasteiger partial charge is 0.221 e. The van der Waals surface area contributed by atoms with E-state index < -0.39 is 17.5 Å². The van der Waals surface area contributed by atoms with Gasteiger partial charge in [-0.25, -0.2) is 8.78 Å². The highest BCUT2D eigenvalue weighted by molar-refractivity contribution is 5.92. The summed E-state index contributed by atoms with van der Waals surface area (Å²) in [6.07, 6.45) is 0. The molecule has 0 radical (unpaired) electrons. The second-order valence-corrected chi connectivity index (χ2v) is 4.91. The zero-order valence-electron chi connectivity index (χ0n) is 12.9. The molecule has 24 heavy (non-hydrogen) atoms. The van der Waals surface area contributed by atoms with Gasteiger partial charge in [-0.05, 0) is 18.2 Å². The zero-order valence-corrected chi connectivity index (χ0v) is 12.9. The van der Waals surface area contributed by atoms with Gasteiger partial charge < -0.3 is 15.4 Å². The van der Waals surface area contributed by atoms with Crippen molar-refractivity contribution in [1.29, 1.82) is 5.26 Å². The monoisotopic (exact) mass is 331 g/mol. The number of rotatable bonds is 6. The Kier molecular flexibility index (Phi) is 5.68. The molecule has 0 aromatic heterocycles. The van der Waals surface area contributed by atoms with E-state index >= 15 is 0 Å². The maximum Gasteiger partial charge on any atom is 0.221 e. The second-order valence-electron chi connectivity index (χ2n) is 4.91. The summed E-state index contributed by atoms with van der Waals surface area (Å²) in [6, 6.07) is 10.6. The van der Waals surface area contributed by atoms with Crippen LogP contribution in [0.4, 0.5) is 20.2 Å². The highest BCUT2D eigenvalue weighted by Crippen LogP contribution is 2.25. The summed E-state index contributed by atoms with van der Waals surface area (Å²) in [5, 5.41) is 14.1. The van der Waals surface area contributed by atoms with Crippen LogP contribution in [0.2, 0.25) is 0 Å². The summed E-state index contributed by atoms with van der Waals surface area (Å²) in [5.74, 6) is -1.93. The van der Waals surface area contributed by atoms with Crippen molar-refractivity contribution in [2.45, 2.75) is 6.92 Å². The summed E-state index contributed by atoms with van der Waals surface area (Å²) in [6.45, 7) is 1.79. The molecule has 0 spiro atoms. The molecule has 2 rings (SSSR count). The van der Waals surface area contributed by atoms with Crippen LogP contribution < -0.4 is 15.4 Å². The van der Waals surface area contributed by atoms with Gasteiger partial charge in [-0.2, -0.15) is 5.26 Å². The number of amides is 1. The van der Waals surface area contributed by atoms with Crippen molar-refractivity contribution in [1.82, 2.24) is 0 Å². The largest absolute Gasteiger partial charge is 0.492 e. The van der Waals surface area contributed by atoms with Crippen molar-refractivity contribution in [2.75, 3.05) is 23.8 Å². The number of hydrogen-bond donors (Lipinski definition) is 2. The summed E-state index contributed by atoms with van der Waals surface area (Å²) in [4.78, 5) is 11.1. The average Bonchev–Trinajstić information content (AvgIpc) is 2.55. The van der Waals surface area contributed by atoms with Crippen molar-refractivity contribution in [3.05, 3.63) is 53.6 Å². The van der Waals surface area contributed by atoms with E-state index in [-0.39, 0.29) is 24.5 Å². The van der Waals surface area contributed by atoms with Crippen LogP contribution >= 0.6 is 0 Å². The molecule has 1 amide bonds. The standard InChI is InChI=1S/C17H15F2N3O2/c1-11(23)22-17-9-15(19)14(18)8-16(17)21-5-6-24-13-4-2-3-12(7-13)10-20/h2-4,7-9,21H,5-6H2,1H3,(H,22,23). The molecule has 0 bridgehead atoms. The number of ether oxygens (including phenoxy) is 1. The van der Waals surface area contributed by atoms with Gasteiger partial charge in [0.1, 0.15) is 12.4 Å². The van der Waals surface area contributed by atoms with Gasteiger partial charge >= 0.3 is 0 Å². The van der Waals surface area contributed by atoms with Crippen molar-refractivity contribution < 1.29 is 18.3 Å². The van der Waals surface area contributed by atoms with Gasteiger partial charge in [-0.1, -0.05) is 6.07 Å². The topological polar surface area (TPSA) is 74.2 Å². The molecule has 2 aromatic carbocycles. The number of hydrogen-bond acceptors (Lipinski definition) is 4. The Bertz CT molecular complexity index is 788. The molecule has 0 atom stereocenters. The highest BCUT2D eigenvalue weighted by Gasteiger charge is 2.10. The molecular weight excluding hydrogens is 316 g/mol. The summed E-state index contributed by atoms with van der Waals surface area (Å²) < 4.78 is 32.1. The Morgan fingerprint density at radius 3 is 2.58 bits per heavy atom. The summed E-state index contributed by atoms with van der Waals surface area (Å²) in [5.41, 5.74) is 0.875. The molecule has 0 aliphatic heterocycles. The van der Waals surface area contributed by atoms with Crippen LogP contribution in [0, 0.1) is 23.0 Å². The maximum absolute atomic E-state index is 13.4. The fraction of sp³-hybridized carbons (Fsp3) is 0.176. The Balaban J connectivity index is 1.97. The van der Waals surface area contributed by atoms with E-state index in [1.807, 2.05) is 6.07 Å².